The van der Waals surface area contributed by atoms with E-state index in [1.807, 2.05) is 0 Å². The molecule has 0 atom stereocenters. The SMILES string of the molecule is ClC(Cl)(Cl)COCOC1CCCCC1. The van der Waals surface area contributed by atoms with E-state index < -0.39 is 3.79 Å². The first-order valence-corrected chi connectivity index (χ1v) is 5.97. The third-order valence-electron chi connectivity index (χ3n) is 2.21. The molecule has 0 aromatic carbocycles. The molecule has 0 radical (unpaired) electrons. The van der Waals surface area contributed by atoms with Crippen molar-refractivity contribution < 1.29 is 9.47 Å². The molecule has 0 saturated heterocycles. The lowest BCUT2D eigenvalue weighted by atomic mass is 9.98. The average Bonchev–Trinajstić information content (AvgIpc) is 2.13. The highest BCUT2D eigenvalue weighted by Crippen LogP contribution is 2.26. The molecule has 84 valence electrons. The standard InChI is InChI=1S/C9H15Cl3O2/c10-9(11,12)6-13-7-14-8-4-2-1-3-5-8/h8H,1-7H2. The fraction of sp³-hybridized carbons (Fsp3) is 1.00. The molecule has 5 heteroatoms. The summed E-state index contributed by atoms with van der Waals surface area (Å²) in [6.07, 6.45) is 6.38. The van der Waals surface area contributed by atoms with E-state index in [2.05, 4.69) is 0 Å². The van der Waals surface area contributed by atoms with Crippen LogP contribution >= 0.6 is 34.8 Å². The van der Waals surface area contributed by atoms with E-state index in [-0.39, 0.29) is 13.4 Å². The van der Waals surface area contributed by atoms with Crippen LogP contribution in [0.15, 0.2) is 0 Å². The zero-order valence-corrected chi connectivity index (χ0v) is 10.2. The molecule has 0 N–H and O–H groups in total. The Hall–Kier alpha value is 0.790. The predicted molar refractivity (Wildman–Crippen MR) is 59.1 cm³/mol. The molecule has 0 unspecified atom stereocenters. The highest BCUT2D eigenvalue weighted by atomic mass is 35.6. The van der Waals surface area contributed by atoms with Crippen molar-refractivity contribution in [2.24, 2.45) is 0 Å². The Labute approximate surface area is 99.8 Å². The van der Waals surface area contributed by atoms with Gasteiger partial charge in [0.1, 0.15) is 6.79 Å². The van der Waals surface area contributed by atoms with Gasteiger partial charge in [-0.25, -0.2) is 0 Å². The molecular formula is C9H15Cl3O2. The summed E-state index contributed by atoms with van der Waals surface area (Å²) in [5.74, 6) is 0. The van der Waals surface area contributed by atoms with Crippen LogP contribution in [0.5, 0.6) is 0 Å². The normalized spacial score (nSPS) is 19.9. The number of halogens is 3. The van der Waals surface area contributed by atoms with E-state index in [0.717, 1.165) is 12.8 Å². The molecule has 2 nitrogen and oxygen atoms in total. The molecule has 0 amide bonds. The Kier molecular flexibility index (Phi) is 5.87. The third-order valence-corrected chi connectivity index (χ3v) is 2.53. The summed E-state index contributed by atoms with van der Waals surface area (Å²) >= 11 is 16.5. The smallest absolute Gasteiger partial charge is 0.213 e. The predicted octanol–water partition coefficient (Wildman–Crippen LogP) is 3.68. The zero-order valence-electron chi connectivity index (χ0n) is 7.98. The van der Waals surface area contributed by atoms with Crippen LogP contribution in [0.4, 0.5) is 0 Å². The van der Waals surface area contributed by atoms with Gasteiger partial charge in [-0.2, -0.15) is 0 Å². The Morgan fingerprint density at radius 3 is 2.29 bits per heavy atom. The summed E-state index contributed by atoms with van der Waals surface area (Å²) in [6, 6.07) is 0. The number of ether oxygens (including phenoxy) is 2. The summed E-state index contributed by atoms with van der Waals surface area (Å²) in [4.78, 5) is 0. The van der Waals surface area contributed by atoms with Crippen molar-refractivity contribution in [2.45, 2.75) is 42.0 Å². The second-order valence-corrected chi connectivity index (χ2v) is 6.02. The molecule has 0 heterocycles. The first-order valence-electron chi connectivity index (χ1n) is 4.84. The van der Waals surface area contributed by atoms with E-state index in [0.29, 0.717) is 6.10 Å². The number of hydrogen-bond acceptors (Lipinski definition) is 2. The largest absolute Gasteiger partial charge is 0.352 e. The minimum absolute atomic E-state index is 0.0738. The van der Waals surface area contributed by atoms with Gasteiger partial charge in [-0.3, -0.25) is 0 Å². The van der Waals surface area contributed by atoms with Crippen LogP contribution in [0.25, 0.3) is 0 Å². The maximum Gasteiger partial charge on any atom is 0.213 e. The van der Waals surface area contributed by atoms with Gasteiger partial charge in [-0.15, -0.1) is 0 Å². The Morgan fingerprint density at radius 2 is 1.71 bits per heavy atom. The summed E-state index contributed by atoms with van der Waals surface area (Å²) in [6.45, 7) is 0.295. The number of rotatable bonds is 4. The lowest BCUT2D eigenvalue weighted by molar-refractivity contribution is -0.0970. The van der Waals surface area contributed by atoms with Crippen LogP contribution in [-0.4, -0.2) is 23.3 Å². The first kappa shape index (κ1) is 12.9. The van der Waals surface area contributed by atoms with Crippen molar-refractivity contribution in [2.75, 3.05) is 13.4 Å². The van der Waals surface area contributed by atoms with E-state index in [1.54, 1.807) is 0 Å². The zero-order chi connectivity index (χ0) is 10.4. The van der Waals surface area contributed by atoms with Gasteiger partial charge in [0.2, 0.25) is 3.79 Å². The summed E-state index contributed by atoms with van der Waals surface area (Å²) in [5.41, 5.74) is 0. The minimum atomic E-state index is -1.34. The van der Waals surface area contributed by atoms with Crippen molar-refractivity contribution in [1.82, 2.24) is 0 Å². The van der Waals surface area contributed by atoms with Crippen molar-refractivity contribution in [3.63, 3.8) is 0 Å². The van der Waals surface area contributed by atoms with Crippen molar-refractivity contribution in [3.05, 3.63) is 0 Å². The van der Waals surface area contributed by atoms with E-state index >= 15 is 0 Å². The molecule has 1 fully saturated rings. The van der Waals surface area contributed by atoms with Gasteiger partial charge in [0.05, 0.1) is 12.7 Å². The van der Waals surface area contributed by atoms with Crippen LogP contribution in [-0.2, 0) is 9.47 Å². The maximum absolute atomic E-state index is 5.50. The molecule has 0 aromatic rings. The third kappa shape index (κ3) is 6.31. The van der Waals surface area contributed by atoms with Crippen LogP contribution in [0.2, 0.25) is 0 Å². The fourth-order valence-electron chi connectivity index (χ4n) is 1.53. The molecule has 14 heavy (non-hydrogen) atoms. The molecule has 0 bridgehead atoms. The van der Waals surface area contributed by atoms with E-state index in [9.17, 15) is 0 Å². The fourth-order valence-corrected chi connectivity index (χ4v) is 1.76. The first-order chi connectivity index (χ1) is 6.58. The van der Waals surface area contributed by atoms with Gasteiger partial charge in [-0.05, 0) is 12.8 Å². The van der Waals surface area contributed by atoms with Gasteiger partial charge in [-0.1, -0.05) is 54.1 Å². The quantitative estimate of drug-likeness (QED) is 0.437. The van der Waals surface area contributed by atoms with Gasteiger partial charge in [0.25, 0.3) is 0 Å². The second-order valence-electron chi connectivity index (χ2n) is 3.51. The summed E-state index contributed by atoms with van der Waals surface area (Å²) in [7, 11) is 0. The molecule has 0 aromatic heterocycles. The van der Waals surface area contributed by atoms with Crippen molar-refractivity contribution in [1.29, 1.82) is 0 Å². The molecule has 1 aliphatic rings. The van der Waals surface area contributed by atoms with Gasteiger partial charge in [0, 0.05) is 0 Å². The lowest BCUT2D eigenvalue weighted by Crippen LogP contribution is -2.21. The Morgan fingerprint density at radius 1 is 1.07 bits per heavy atom. The Bertz CT molecular complexity index is 153. The molecular weight excluding hydrogens is 246 g/mol. The summed E-state index contributed by atoms with van der Waals surface area (Å²) < 4.78 is 9.23. The van der Waals surface area contributed by atoms with Crippen LogP contribution < -0.4 is 0 Å². The molecule has 1 saturated carbocycles. The lowest BCUT2D eigenvalue weighted by Gasteiger charge is -2.22. The molecule has 1 aliphatic carbocycles. The second kappa shape index (κ2) is 6.39. The topological polar surface area (TPSA) is 18.5 Å². The van der Waals surface area contributed by atoms with E-state index in [4.69, 9.17) is 44.3 Å². The summed E-state index contributed by atoms with van der Waals surface area (Å²) in [5, 5.41) is 0. The molecule has 0 spiro atoms. The van der Waals surface area contributed by atoms with Gasteiger partial charge >= 0.3 is 0 Å². The minimum Gasteiger partial charge on any atom is -0.352 e. The maximum atomic E-state index is 5.50. The van der Waals surface area contributed by atoms with Crippen molar-refractivity contribution >= 4 is 34.8 Å². The van der Waals surface area contributed by atoms with Crippen LogP contribution in [0, 0.1) is 0 Å². The number of alkyl halides is 3. The monoisotopic (exact) mass is 260 g/mol. The highest BCUT2D eigenvalue weighted by molar-refractivity contribution is 6.67. The molecule has 1 rings (SSSR count). The average molecular weight is 262 g/mol. The van der Waals surface area contributed by atoms with Gasteiger partial charge < -0.3 is 9.47 Å². The van der Waals surface area contributed by atoms with Gasteiger partial charge in [0.15, 0.2) is 0 Å². The molecule has 0 aliphatic heterocycles. The van der Waals surface area contributed by atoms with Crippen molar-refractivity contribution in [3.8, 4) is 0 Å². The Balaban J connectivity index is 1.97. The number of hydrogen-bond donors (Lipinski definition) is 0. The van der Waals surface area contributed by atoms with Crippen LogP contribution in [0.3, 0.4) is 0 Å². The van der Waals surface area contributed by atoms with E-state index in [1.165, 1.54) is 19.3 Å². The highest BCUT2D eigenvalue weighted by Gasteiger charge is 2.20. The van der Waals surface area contributed by atoms with Crippen LogP contribution in [0.1, 0.15) is 32.1 Å².